The van der Waals surface area contributed by atoms with Crippen molar-refractivity contribution in [3.8, 4) is 0 Å². The van der Waals surface area contributed by atoms with Crippen LogP contribution in [-0.2, 0) is 11.2 Å². The summed E-state index contributed by atoms with van der Waals surface area (Å²) in [4.78, 5) is 16.9. The van der Waals surface area contributed by atoms with Crippen LogP contribution in [-0.4, -0.2) is 31.4 Å². The van der Waals surface area contributed by atoms with Crippen LogP contribution in [0.4, 0.5) is 5.69 Å². The Bertz CT molecular complexity index is 651. The first-order valence-corrected chi connectivity index (χ1v) is 7.76. The van der Waals surface area contributed by atoms with Crippen LogP contribution in [0.1, 0.15) is 23.6 Å². The van der Waals surface area contributed by atoms with Crippen LogP contribution in [0.15, 0.2) is 54.6 Å². The van der Waals surface area contributed by atoms with E-state index in [-0.39, 0.29) is 5.91 Å². The van der Waals surface area contributed by atoms with Gasteiger partial charge in [0.25, 0.3) is 0 Å². The summed E-state index contributed by atoms with van der Waals surface area (Å²) in [5, 5.41) is 0. The van der Waals surface area contributed by atoms with E-state index in [1.807, 2.05) is 41.3 Å². The summed E-state index contributed by atoms with van der Waals surface area (Å²) in [6, 6.07) is 18.6. The summed E-state index contributed by atoms with van der Waals surface area (Å²) in [5.74, 6) is 0.177. The molecule has 1 heterocycles. The van der Waals surface area contributed by atoms with Crippen molar-refractivity contribution >= 4 is 11.6 Å². The number of anilines is 1. The first-order chi connectivity index (χ1) is 10.7. The number of hydrogen-bond acceptors (Lipinski definition) is 2. The maximum Gasteiger partial charge on any atom is 0.231 e. The third-order valence-corrected chi connectivity index (χ3v) is 4.34. The molecule has 22 heavy (non-hydrogen) atoms. The number of carbonyl (C=O) groups excluding carboxylic acids is 1. The number of benzene rings is 2. The smallest absolute Gasteiger partial charge is 0.231 e. The minimum atomic E-state index is 0.177. The van der Waals surface area contributed by atoms with Crippen molar-refractivity contribution in [1.29, 1.82) is 0 Å². The Morgan fingerprint density at radius 1 is 1.09 bits per heavy atom. The molecule has 3 heteroatoms. The fraction of sp³-hybridized carbons (Fsp3) is 0.316. The van der Waals surface area contributed by atoms with Crippen molar-refractivity contribution in [3.05, 3.63) is 65.7 Å². The van der Waals surface area contributed by atoms with Crippen LogP contribution in [0.2, 0.25) is 0 Å². The van der Waals surface area contributed by atoms with Crippen molar-refractivity contribution in [2.24, 2.45) is 0 Å². The second-order valence-electron chi connectivity index (χ2n) is 6.03. The first-order valence-electron chi connectivity index (χ1n) is 7.76. The van der Waals surface area contributed by atoms with Gasteiger partial charge in [0.1, 0.15) is 0 Å². The molecular formula is C19H22N2O. The number of para-hydroxylation sites is 1. The number of nitrogens with zero attached hydrogens (tertiary/aromatic N) is 2. The van der Waals surface area contributed by atoms with Crippen LogP contribution in [0.25, 0.3) is 0 Å². The molecule has 2 aromatic rings. The lowest BCUT2D eigenvalue weighted by Gasteiger charge is -2.37. The first kappa shape index (κ1) is 14.8. The van der Waals surface area contributed by atoms with Crippen LogP contribution in [0.3, 0.4) is 0 Å². The quantitative estimate of drug-likeness (QED) is 0.867. The predicted molar refractivity (Wildman–Crippen MR) is 90.0 cm³/mol. The summed E-state index contributed by atoms with van der Waals surface area (Å²) in [6.07, 6.45) is 1.44. The van der Waals surface area contributed by atoms with Crippen molar-refractivity contribution in [2.45, 2.75) is 18.9 Å². The van der Waals surface area contributed by atoms with Gasteiger partial charge in [-0.25, -0.2) is 0 Å². The highest BCUT2D eigenvalue weighted by Gasteiger charge is 2.29. The minimum Gasteiger partial charge on any atom is -0.312 e. The Hall–Kier alpha value is -2.13. The van der Waals surface area contributed by atoms with Gasteiger partial charge < -0.3 is 9.80 Å². The van der Waals surface area contributed by atoms with E-state index in [1.165, 1.54) is 5.56 Å². The fourth-order valence-electron chi connectivity index (χ4n) is 3.20. The normalized spacial score (nSPS) is 17.4. The summed E-state index contributed by atoms with van der Waals surface area (Å²) in [5.41, 5.74) is 3.38. The molecule has 0 spiro atoms. The van der Waals surface area contributed by atoms with E-state index >= 15 is 0 Å². The number of carbonyl (C=O) groups is 1. The lowest BCUT2D eigenvalue weighted by atomic mass is 9.95. The molecule has 1 amide bonds. The van der Waals surface area contributed by atoms with Crippen molar-refractivity contribution in [3.63, 3.8) is 0 Å². The fourth-order valence-corrected chi connectivity index (χ4v) is 3.20. The Balaban J connectivity index is 1.86. The molecular weight excluding hydrogens is 272 g/mol. The number of hydrogen-bond donors (Lipinski definition) is 0. The maximum atomic E-state index is 12.7. The van der Waals surface area contributed by atoms with Gasteiger partial charge in [0, 0.05) is 18.3 Å². The van der Waals surface area contributed by atoms with Gasteiger partial charge in [-0.3, -0.25) is 4.79 Å². The second kappa shape index (κ2) is 6.32. The highest BCUT2D eigenvalue weighted by Crippen LogP contribution is 2.36. The average Bonchev–Trinajstić information content (AvgIpc) is 2.54. The molecule has 0 fully saturated rings. The molecule has 3 nitrogen and oxygen atoms in total. The van der Waals surface area contributed by atoms with Gasteiger partial charge >= 0.3 is 0 Å². The molecule has 0 saturated carbocycles. The lowest BCUT2D eigenvalue weighted by molar-refractivity contribution is -0.118. The average molecular weight is 294 g/mol. The molecule has 0 radical (unpaired) electrons. The van der Waals surface area contributed by atoms with Crippen LogP contribution < -0.4 is 4.90 Å². The molecule has 114 valence electrons. The van der Waals surface area contributed by atoms with Gasteiger partial charge in [-0.15, -0.1) is 0 Å². The van der Waals surface area contributed by atoms with Gasteiger partial charge in [0.05, 0.1) is 6.42 Å². The number of amides is 1. The number of fused-ring (bicyclic) bond motifs is 1. The van der Waals surface area contributed by atoms with E-state index in [0.717, 1.165) is 24.2 Å². The van der Waals surface area contributed by atoms with E-state index in [9.17, 15) is 4.79 Å². The highest BCUT2D eigenvalue weighted by molar-refractivity contribution is 5.96. The standard InChI is InChI=1S/C19H22N2O/c1-20(2)17-12-13-21(18-11-7-6-10-16(17)18)19(22)14-15-8-4-3-5-9-15/h3-11,17H,12-14H2,1-2H3. The minimum absolute atomic E-state index is 0.177. The monoisotopic (exact) mass is 294 g/mol. The molecule has 0 aliphatic carbocycles. The molecule has 0 aromatic heterocycles. The summed E-state index contributed by atoms with van der Waals surface area (Å²) in [6.45, 7) is 0.783. The van der Waals surface area contributed by atoms with E-state index in [1.54, 1.807) is 0 Å². The molecule has 0 N–H and O–H groups in total. The highest BCUT2D eigenvalue weighted by atomic mass is 16.2. The van der Waals surface area contributed by atoms with Crippen LogP contribution >= 0.6 is 0 Å². The molecule has 3 rings (SSSR count). The lowest BCUT2D eigenvalue weighted by Crippen LogP contribution is -2.40. The Morgan fingerprint density at radius 3 is 2.50 bits per heavy atom. The van der Waals surface area contributed by atoms with Gasteiger partial charge in [-0.05, 0) is 37.7 Å². The third kappa shape index (κ3) is 2.90. The van der Waals surface area contributed by atoms with Crippen molar-refractivity contribution in [2.75, 3.05) is 25.5 Å². The number of rotatable bonds is 3. The molecule has 1 aliphatic rings. The zero-order chi connectivity index (χ0) is 15.5. The zero-order valence-corrected chi connectivity index (χ0v) is 13.2. The van der Waals surface area contributed by atoms with Gasteiger partial charge in [-0.1, -0.05) is 48.5 Å². The van der Waals surface area contributed by atoms with E-state index in [2.05, 4.69) is 37.2 Å². The topological polar surface area (TPSA) is 23.6 Å². The molecule has 1 atom stereocenters. The Labute approximate surface area is 132 Å². The summed E-state index contributed by atoms with van der Waals surface area (Å²) in [7, 11) is 4.20. The van der Waals surface area contributed by atoms with E-state index in [0.29, 0.717) is 12.5 Å². The molecule has 0 bridgehead atoms. The predicted octanol–water partition coefficient (Wildman–Crippen LogP) is 3.27. The molecule has 0 saturated heterocycles. The Kier molecular flexibility index (Phi) is 4.25. The van der Waals surface area contributed by atoms with Gasteiger partial charge in [0.2, 0.25) is 5.91 Å². The van der Waals surface area contributed by atoms with Gasteiger partial charge in [0.15, 0.2) is 0 Å². The summed E-state index contributed by atoms with van der Waals surface area (Å²) < 4.78 is 0. The summed E-state index contributed by atoms with van der Waals surface area (Å²) >= 11 is 0. The van der Waals surface area contributed by atoms with Gasteiger partial charge in [-0.2, -0.15) is 0 Å². The third-order valence-electron chi connectivity index (χ3n) is 4.34. The van der Waals surface area contributed by atoms with Crippen molar-refractivity contribution in [1.82, 2.24) is 4.90 Å². The Morgan fingerprint density at radius 2 is 1.77 bits per heavy atom. The van der Waals surface area contributed by atoms with Crippen LogP contribution in [0, 0.1) is 0 Å². The second-order valence-corrected chi connectivity index (χ2v) is 6.03. The van der Waals surface area contributed by atoms with E-state index in [4.69, 9.17) is 0 Å². The zero-order valence-electron chi connectivity index (χ0n) is 13.2. The van der Waals surface area contributed by atoms with Crippen LogP contribution in [0.5, 0.6) is 0 Å². The molecule has 1 unspecified atom stereocenters. The van der Waals surface area contributed by atoms with Crippen molar-refractivity contribution < 1.29 is 4.79 Å². The SMILES string of the molecule is CN(C)C1CCN(C(=O)Cc2ccccc2)c2ccccc21. The molecule has 2 aromatic carbocycles. The molecule has 1 aliphatic heterocycles. The van der Waals surface area contributed by atoms with E-state index < -0.39 is 0 Å². The largest absolute Gasteiger partial charge is 0.312 e. The maximum absolute atomic E-state index is 12.7.